The van der Waals surface area contributed by atoms with Gasteiger partial charge >= 0.3 is 0 Å². The van der Waals surface area contributed by atoms with E-state index in [2.05, 4.69) is 6.92 Å². The van der Waals surface area contributed by atoms with Crippen LogP contribution in [0.25, 0.3) is 0 Å². The number of benzene rings is 1. The van der Waals surface area contributed by atoms with E-state index in [1.807, 2.05) is 30.0 Å². The fraction of sp³-hybridized carbons (Fsp3) is 0.562. The second-order valence-electron chi connectivity index (χ2n) is 5.60. The van der Waals surface area contributed by atoms with Crippen molar-refractivity contribution in [3.05, 3.63) is 29.3 Å². The number of carbonyl (C=O) groups is 1. The van der Waals surface area contributed by atoms with Crippen molar-refractivity contribution in [3.63, 3.8) is 0 Å². The molecule has 2 atom stereocenters. The number of rotatable bonds is 3. The molecule has 1 N–H and O–H groups in total. The predicted molar refractivity (Wildman–Crippen MR) is 78.0 cm³/mol. The minimum absolute atomic E-state index is 0.0778. The summed E-state index contributed by atoms with van der Waals surface area (Å²) < 4.78 is 5.17. The van der Waals surface area contributed by atoms with E-state index in [0.29, 0.717) is 5.92 Å². The first-order valence-electron chi connectivity index (χ1n) is 7.13. The Balaban J connectivity index is 2.15. The first-order chi connectivity index (χ1) is 9.56. The Morgan fingerprint density at radius 2 is 2.25 bits per heavy atom. The van der Waals surface area contributed by atoms with Crippen molar-refractivity contribution >= 4 is 5.91 Å². The van der Waals surface area contributed by atoms with Crippen LogP contribution in [-0.2, 0) is 0 Å². The van der Waals surface area contributed by atoms with Gasteiger partial charge in [-0.15, -0.1) is 0 Å². The first-order valence-corrected chi connectivity index (χ1v) is 7.13. The molecule has 1 saturated heterocycles. The number of ether oxygens (including phenoxy) is 1. The number of aryl methyl sites for hydroxylation is 1. The number of carbonyl (C=O) groups excluding carboxylic acids is 1. The number of aliphatic hydroxyl groups is 1. The topological polar surface area (TPSA) is 49.8 Å². The normalized spacial score (nSPS) is 22.7. The molecule has 4 heteroatoms. The minimum Gasteiger partial charge on any atom is -0.497 e. The molecule has 0 saturated carbocycles. The fourth-order valence-corrected chi connectivity index (χ4v) is 2.89. The van der Waals surface area contributed by atoms with Crippen molar-refractivity contribution in [2.45, 2.75) is 32.7 Å². The summed E-state index contributed by atoms with van der Waals surface area (Å²) in [4.78, 5) is 14.6. The standard InChI is InChI=1S/C16H23NO3/c1-11-8-14(20-3)4-5-15(11)16(19)17-7-6-13(10-18)9-12(17)2/h4-5,8,12-13,18H,6-7,9-10H2,1-3H3/t12-,13-/m0/s1. The molecule has 4 nitrogen and oxygen atoms in total. The van der Waals surface area contributed by atoms with Crippen LogP contribution < -0.4 is 4.74 Å². The Morgan fingerprint density at radius 3 is 2.80 bits per heavy atom. The molecule has 110 valence electrons. The maximum Gasteiger partial charge on any atom is 0.254 e. The third-order valence-corrected chi connectivity index (χ3v) is 4.17. The van der Waals surface area contributed by atoms with E-state index in [9.17, 15) is 9.90 Å². The summed E-state index contributed by atoms with van der Waals surface area (Å²) in [5, 5.41) is 9.24. The Bertz CT molecular complexity index is 487. The number of hydrogen-bond donors (Lipinski definition) is 1. The van der Waals surface area contributed by atoms with Crippen LogP contribution in [0.2, 0.25) is 0 Å². The number of nitrogens with zero attached hydrogens (tertiary/aromatic N) is 1. The molecule has 1 heterocycles. The second-order valence-corrected chi connectivity index (χ2v) is 5.60. The van der Waals surface area contributed by atoms with Gasteiger partial charge in [-0.2, -0.15) is 0 Å². The zero-order chi connectivity index (χ0) is 14.7. The third-order valence-electron chi connectivity index (χ3n) is 4.17. The van der Waals surface area contributed by atoms with Crippen LogP contribution in [0.3, 0.4) is 0 Å². The summed E-state index contributed by atoms with van der Waals surface area (Å²) in [6.45, 7) is 4.92. The minimum atomic E-state index is 0.0778. The van der Waals surface area contributed by atoms with E-state index in [0.717, 1.165) is 36.3 Å². The molecule has 0 spiro atoms. The molecule has 0 radical (unpaired) electrons. The van der Waals surface area contributed by atoms with E-state index in [1.54, 1.807) is 7.11 Å². The van der Waals surface area contributed by atoms with Gasteiger partial charge in [0, 0.05) is 24.8 Å². The van der Waals surface area contributed by atoms with E-state index in [-0.39, 0.29) is 18.6 Å². The molecule has 1 aliphatic rings. The molecule has 1 aliphatic heterocycles. The molecule has 1 aromatic rings. The van der Waals surface area contributed by atoms with Crippen molar-refractivity contribution in [1.82, 2.24) is 4.90 Å². The summed E-state index contributed by atoms with van der Waals surface area (Å²) in [6.07, 6.45) is 1.75. The quantitative estimate of drug-likeness (QED) is 0.921. The lowest BCUT2D eigenvalue weighted by atomic mass is 9.91. The monoisotopic (exact) mass is 277 g/mol. The Kier molecular flexibility index (Phi) is 4.65. The summed E-state index contributed by atoms with van der Waals surface area (Å²) in [5.41, 5.74) is 1.67. The lowest BCUT2D eigenvalue weighted by Gasteiger charge is -2.37. The number of piperidine rings is 1. The van der Waals surface area contributed by atoms with Gasteiger partial charge < -0.3 is 14.7 Å². The summed E-state index contributed by atoms with van der Waals surface area (Å²) in [7, 11) is 1.62. The van der Waals surface area contributed by atoms with Gasteiger partial charge in [0.2, 0.25) is 0 Å². The van der Waals surface area contributed by atoms with Crippen LogP contribution in [0.1, 0.15) is 35.7 Å². The van der Waals surface area contributed by atoms with Crippen LogP contribution in [0.5, 0.6) is 5.75 Å². The second kappa shape index (κ2) is 6.27. The fourth-order valence-electron chi connectivity index (χ4n) is 2.89. The lowest BCUT2D eigenvalue weighted by Crippen LogP contribution is -2.45. The van der Waals surface area contributed by atoms with Crippen LogP contribution in [0.15, 0.2) is 18.2 Å². The summed E-state index contributed by atoms with van der Waals surface area (Å²) in [5.74, 6) is 1.17. The van der Waals surface area contributed by atoms with Gasteiger partial charge in [-0.25, -0.2) is 0 Å². The molecule has 1 amide bonds. The number of likely N-dealkylation sites (tertiary alicyclic amines) is 1. The molecular formula is C16H23NO3. The van der Waals surface area contributed by atoms with Gasteiger partial charge in [0.1, 0.15) is 5.75 Å². The largest absolute Gasteiger partial charge is 0.497 e. The first kappa shape index (κ1) is 14.9. The molecule has 1 aromatic carbocycles. The SMILES string of the molecule is COc1ccc(C(=O)N2CC[C@H](CO)C[C@@H]2C)c(C)c1. The average molecular weight is 277 g/mol. The smallest absolute Gasteiger partial charge is 0.254 e. The number of hydrogen-bond acceptors (Lipinski definition) is 3. The Morgan fingerprint density at radius 1 is 1.50 bits per heavy atom. The highest BCUT2D eigenvalue weighted by Gasteiger charge is 2.29. The van der Waals surface area contributed by atoms with Gasteiger partial charge in [-0.05, 0) is 56.4 Å². The zero-order valence-corrected chi connectivity index (χ0v) is 12.4. The van der Waals surface area contributed by atoms with Crippen LogP contribution in [0, 0.1) is 12.8 Å². The van der Waals surface area contributed by atoms with Crippen LogP contribution in [0.4, 0.5) is 0 Å². The van der Waals surface area contributed by atoms with E-state index >= 15 is 0 Å². The van der Waals surface area contributed by atoms with E-state index in [1.165, 1.54) is 0 Å². The van der Waals surface area contributed by atoms with Gasteiger partial charge in [-0.3, -0.25) is 4.79 Å². The molecule has 0 aromatic heterocycles. The van der Waals surface area contributed by atoms with Gasteiger partial charge in [0.15, 0.2) is 0 Å². The van der Waals surface area contributed by atoms with Crippen LogP contribution in [-0.4, -0.2) is 42.2 Å². The van der Waals surface area contributed by atoms with Crippen LogP contribution >= 0.6 is 0 Å². The molecule has 2 rings (SSSR count). The summed E-state index contributed by atoms with van der Waals surface area (Å²) in [6, 6.07) is 5.72. The number of aliphatic hydroxyl groups excluding tert-OH is 1. The highest BCUT2D eigenvalue weighted by atomic mass is 16.5. The maximum absolute atomic E-state index is 12.6. The molecular weight excluding hydrogens is 254 g/mol. The lowest BCUT2D eigenvalue weighted by molar-refractivity contribution is 0.0514. The molecule has 0 unspecified atom stereocenters. The average Bonchev–Trinajstić information content (AvgIpc) is 2.46. The van der Waals surface area contributed by atoms with E-state index < -0.39 is 0 Å². The highest BCUT2D eigenvalue weighted by molar-refractivity contribution is 5.96. The van der Waals surface area contributed by atoms with Crippen molar-refractivity contribution in [1.29, 1.82) is 0 Å². The highest BCUT2D eigenvalue weighted by Crippen LogP contribution is 2.26. The Hall–Kier alpha value is -1.55. The zero-order valence-electron chi connectivity index (χ0n) is 12.4. The van der Waals surface area contributed by atoms with Crippen molar-refractivity contribution in [2.24, 2.45) is 5.92 Å². The number of amides is 1. The van der Waals surface area contributed by atoms with Gasteiger partial charge in [0.05, 0.1) is 7.11 Å². The van der Waals surface area contributed by atoms with E-state index in [4.69, 9.17) is 4.74 Å². The van der Waals surface area contributed by atoms with Crippen molar-refractivity contribution < 1.29 is 14.6 Å². The number of methoxy groups -OCH3 is 1. The molecule has 0 aliphatic carbocycles. The molecule has 1 fully saturated rings. The maximum atomic E-state index is 12.6. The molecule has 0 bridgehead atoms. The predicted octanol–water partition coefficient (Wildman–Crippen LogP) is 2.24. The Labute approximate surface area is 120 Å². The molecule has 20 heavy (non-hydrogen) atoms. The van der Waals surface area contributed by atoms with Gasteiger partial charge in [0.25, 0.3) is 5.91 Å². The van der Waals surface area contributed by atoms with Gasteiger partial charge in [-0.1, -0.05) is 0 Å². The summed E-state index contributed by atoms with van der Waals surface area (Å²) >= 11 is 0. The van der Waals surface area contributed by atoms with Crippen molar-refractivity contribution in [3.8, 4) is 5.75 Å². The van der Waals surface area contributed by atoms with Crippen molar-refractivity contribution in [2.75, 3.05) is 20.3 Å². The third kappa shape index (κ3) is 2.96.